The lowest BCUT2D eigenvalue weighted by molar-refractivity contribution is 0.171. The molecule has 0 fully saturated rings. The minimum atomic E-state index is -0.0150. The number of nitrogens with zero attached hydrogens (tertiary/aromatic N) is 3. The summed E-state index contributed by atoms with van der Waals surface area (Å²) < 4.78 is 2.28. The van der Waals surface area contributed by atoms with Crippen molar-refractivity contribution >= 4 is 10.9 Å². The Hall–Kier alpha value is -3.18. The summed E-state index contributed by atoms with van der Waals surface area (Å²) in [5.74, 6) is 0. The van der Waals surface area contributed by atoms with E-state index in [4.69, 9.17) is 0 Å². The number of pyridine rings is 2. The van der Waals surface area contributed by atoms with E-state index in [1.165, 1.54) is 5.69 Å². The van der Waals surface area contributed by atoms with Crippen molar-refractivity contribution in [3.63, 3.8) is 0 Å². The third-order valence-corrected chi connectivity index (χ3v) is 5.56. The molecule has 0 saturated carbocycles. The van der Waals surface area contributed by atoms with E-state index < -0.39 is 0 Å². The van der Waals surface area contributed by atoms with Crippen molar-refractivity contribution in [3.05, 3.63) is 99.9 Å². The predicted octanol–water partition coefficient (Wildman–Crippen LogP) is 3.64. The van der Waals surface area contributed by atoms with E-state index in [1.54, 1.807) is 0 Å². The Morgan fingerprint density at radius 3 is 2.89 bits per heavy atom. The van der Waals surface area contributed by atoms with Crippen molar-refractivity contribution in [2.45, 2.75) is 26.1 Å². The van der Waals surface area contributed by atoms with Crippen LogP contribution < -0.4 is 5.56 Å². The molecule has 5 nitrogen and oxygen atoms in total. The lowest BCUT2D eigenvalue weighted by Gasteiger charge is -2.36. The van der Waals surface area contributed by atoms with Gasteiger partial charge in [0.2, 0.25) is 0 Å². The number of hydrogen-bond donors (Lipinski definition) is 1. The first-order valence-electron chi connectivity index (χ1n) is 9.61. The maximum absolute atomic E-state index is 12.8. The Bertz CT molecular complexity index is 1190. The number of H-pyrrole nitrogens is 1. The number of fused-ring (bicyclic) bond motifs is 2. The summed E-state index contributed by atoms with van der Waals surface area (Å²) in [6, 6.07) is 18.5. The molecule has 1 aliphatic rings. The van der Waals surface area contributed by atoms with Gasteiger partial charge in [-0.25, -0.2) is 0 Å². The maximum atomic E-state index is 12.8. The molecular weight excluding hydrogens is 348 g/mol. The van der Waals surface area contributed by atoms with Crippen molar-refractivity contribution < 1.29 is 0 Å². The van der Waals surface area contributed by atoms with Crippen LogP contribution in [-0.2, 0) is 13.1 Å². The fraction of sp³-hybridized carbons (Fsp3) is 0.217. The van der Waals surface area contributed by atoms with Gasteiger partial charge in [0.1, 0.15) is 0 Å². The fourth-order valence-corrected chi connectivity index (χ4v) is 4.17. The Morgan fingerprint density at radius 1 is 1.11 bits per heavy atom. The van der Waals surface area contributed by atoms with E-state index in [9.17, 15) is 4.79 Å². The van der Waals surface area contributed by atoms with E-state index in [1.807, 2.05) is 37.4 Å². The van der Waals surface area contributed by atoms with Gasteiger partial charge in [0.05, 0.1) is 11.7 Å². The monoisotopic (exact) mass is 370 g/mol. The van der Waals surface area contributed by atoms with Gasteiger partial charge in [0.25, 0.3) is 5.56 Å². The zero-order chi connectivity index (χ0) is 19.1. The summed E-state index contributed by atoms with van der Waals surface area (Å²) in [5, 5.41) is 1.06. The topological polar surface area (TPSA) is 53.9 Å². The number of nitrogens with one attached hydrogen (secondary N) is 1. The molecule has 28 heavy (non-hydrogen) atoms. The second-order valence-corrected chi connectivity index (χ2v) is 7.47. The molecule has 140 valence electrons. The van der Waals surface area contributed by atoms with Crippen LogP contribution in [-0.4, -0.2) is 26.0 Å². The minimum absolute atomic E-state index is 0.0150. The molecular formula is C23H22N4O. The van der Waals surface area contributed by atoms with Gasteiger partial charge in [-0.1, -0.05) is 18.2 Å². The normalized spacial score (nSPS) is 17.0. The van der Waals surface area contributed by atoms with Gasteiger partial charge in [-0.05, 0) is 54.3 Å². The highest BCUT2D eigenvalue weighted by Crippen LogP contribution is 2.32. The number of hydrogen-bond acceptors (Lipinski definition) is 3. The molecule has 1 unspecified atom stereocenters. The van der Waals surface area contributed by atoms with Gasteiger partial charge in [0.15, 0.2) is 0 Å². The highest BCUT2D eigenvalue weighted by atomic mass is 16.1. The van der Waals surface area contributed by atoms with Gasteiger partial charge in [-0.3, -0.25) is 14.7 Å². The zero-order valence-electron chi connectivity index (χ0n) is 15.8. The SMILES string of the molecule is Cc1ccc2cc(CN3CCn4cccc4C3c3ccccn3)c(=O)[nH]c2c1. The lowest BCUT2D eigenvalue weighted by atomic mass is 10.0. The van der Waals surface area contributed by atoms with Crippen LogP contribution in [0.1, 0.15) is 28.6 Å². The number of aromatic amines is 1. The number of aromatic nitrogens is 3. The minimum Gasteiger partial charge on any atom is -0.348 e. The van der Waals surface area contributed by atoms with Gasteiger partial charge in [-0.15, -0.1) is 0 Å². The molecule has 4 aromatic rings. The van der Waals surface area contributed by atoms with E-state index in [0.717, 1.165) is 40.8 Å². The van der Waals surface area contributed by atoms with Crippen molar-refractivity contribution in [1.29, 1.82) is 0 Å². The Labute approximate surface area is 163 Å². The molecule has 0 radical (unpaired) electrons. The van der Waals surface area contributed by atoms with Crippen LogP contribution >= 0.6 is 0 Å². The average molecular weight is 370 g/mol. The van der Waals surface area contributed by atoms with Crippen LogP contribution in [0, 0.1) is 6.92 Å². The summed E-state index contributed by atoms with van der Waals surface area (Å²) in [6.45, 7) is 4.40. The molecule has 1 aliphatic heterocycles. The van der Waals surface area contributed by atoms with Crippen LogP contribution in [0.4, 0.5) is 0 Å². The predicted molar refractivity (Wildman–Crippen MR) is 110 cm³/mol. The average Bonchev–Trinajstić information content (AvgIpc) is 3.18. The van der Waals surface area contributed by atoms with Gasteiger partial charge < -0.3 is 9.55 Å². The number of aryl methyl sites for hydroxylation is 1. The van der Waals surface area contributed by atoms with Gasteiger partial charge >= 0.3 is 0 Å². The Kier molecular flexibility index (Phi) is 4.10. The largest absolute Gasteiger partial charge is 0.348 e. The molecule has 1 N–H and O–H groups in total. The first-order chi connectivity index (χ1) is 13.7. The zero-order valence-corrected chi connectivity index (χ0v) is 15.8. The third-order valence-electron chi connectivity index (χ3n) is 5.56. The van der Waals surface area contributed by atoms with Gasteiger partial charge in [0, 0.05) is 48.8 Å². The highest BCUT2D eigenvalue weighted by molar-refractivity contribution is 5.79. The Morgan fingerprint density at radius 2 is 2.04 bits per heavy atom. The first-order valence-corrected chi connectivity index (χ1v) is 9.61. The van der Waals surface area contributed by atoms with E-state index in [2.05, 4.69) is 56.0 Å². The summed E-state index contributed by atoms with van der Waals surface area (Å²) in [4.78, 5) is 22.8. The van der Waals surface area contributed by atoms with Crippen molar-refractivity contribution in [2.75, 3.05) is 6.54 Å². The highest BCUT2D eigenvalue weighted by Gasteiger charge is 2.30. The summed E-state index contributed by atoms with van der Waals surface area (Å²) in [7, 11) is 0. The third kappa shape index (κ3) is 2.94. The van der Waals surface area contributed by atoms with Gasteiger partial charge in [-0.2, -0.15) is 0 Å². The molecule has 1 atom stereocenters. The van der Waals surface area contributed by atoms with E-state index in [0.29, 0.717) is 6.54 Å². The maximum Gasteiger partial charge on any atom is 0.252 e. The molecule has 4 heterocycles. The Balaban J connectivity index is 1.55. The van der Waals surface area contributed by atoms with E-state index >= 15 is 0 Å². The van der Waals surface area contributed by atoms with Crippen LogP contribution in [0.25, 0.3) is 10.9 Å². The molecule has 3 aromatic heterocycles. The molecule has 0 aliphatic carbocycles. The second-order valence-electron chi connectivity index (χ2n) is 7.47. The second kappa shape index (κ2) is 6.77. The molecule has 0 spiro atoms. The molecule has 0 bridgehead atoms. The first kappa shape index (κ1) is 17.0. The summed E-state index contributed by atoms with van der Waals surface area (Å²) >= 11 is 0. The number of rotatable bonds is 3. The lowest BCUT2D eigenvalue weighted by Crippen LogP contribution is -2.39. The van der Waals surface area contributed by atoms with Crippen LogP contribution in [0.2, 0.25) is 0 Å². The quantitative estimate of drug-likeness (QED) is 0.599. The van der Waals surface area contributed by atoms with Crippen LogP contribution in [0.3, 0.4) is 0 Å². The smallest absolute Gasteiger partial charge is 0.252 e. The van der Waals surface area contributed by atoms with Crippen molar-refractivity contribution in [1.82, 2.24) is 19.4 Å². The standard InChI is InChI=1S/C23H22N4O/c1-16-7-8-17-14-18(23(28)25-20(17)13-16)15-27-12-11-26-10-4-6-21(26)22(27)19-5-2-3-9-24-19/h2-10,13-14,22H,11-12,15H2,1H3,(H,25,28). The van der Waals surface area contributed by atoms with Crippen molar-refractivity contribution in [3.8, 4) is 0 Å². The van der Waals surface area contributed by atoms with E-state index in [-0.39, 0.29) is 11.6 Å². The molecule has 5 rings (SSSR count). The summed E-state index contributed by atoms with van der Waals surface area (Å²) in [6.07, 6.45) is 3.95. The molecule has 5 heteroatoms. The van der Waals surface area contributed by atoms with Crippen LogP contribution in [0.5, 0.6) is 0 Å². The summed E-state index contributed by atoms with van der Waals surface area (Å²) in [5.41, 5.74) is 5.04. The van der Waals surface area contributed by atoms with Crippen LogP contribution in [0.15, 0.2) is 71.8 Å². The van der Waals surface area contributed by atoms with Crippen molar-refractivity contribution in [2.24, 2.45) is 0 Å². The number of benzene rings is 1. The fourth-order valence-electron chi connectivity index (χ4n) is 4.17. The molecule has 0 saturated heterocycles. The molecule has 0 amide bonds. The molecule has 1 aromatic carbocycles.